The average Bonchev–Trinajstić information content (AvgIpc) is 3.03. The predicted molar refractivity (Wildman–Crippen MR) is 95.6 cm³/mol. The van der Waals surface area contributed by atoms with Crippen LogP contribution in [0.4, 0.5) is 0 Å². The van der Waals surface area contributed by atoms with Crippen molar-refractivity contribution in [2.24, 2.45) is 0 Å². The summed E-state index contributed by atoms with van der Waals surface area (Å²) < 4.78 is 5.65. The van der Waals surface area contributed by atoms with Crippen LogP contribution < -0.4 is 0 Å². The lowest BCUT2D eigenvalue weighted by Crippen LogP contribution is -2.13. The zero-order chi connectivity index (χ0) is 17.1. The molecule has 4 nitrogen and oxygen atoms in total. The fraction of sp³-hybridized carbons (Fsp3) is 0.167. The molecule has 0 aliphatic carbocycles. The molecule has 3 aromatic rings. The molecule has 1 atom stereocenters. The quantitative estimate of drug-likeness (QED) is 0.471. The molecule has 6 heteroatoms. The lowest BCUT2D eigenvalue weighted by molar-refractivity contribution is 0.0993. The number of rotatable bonds is 5. The van der Waals surface area contributed by atoms with E-state index < -0.39 is 0 Å². The molecule has 0 saturated carbocycles. The van der Waals surface area contributed by atoms with E-state index in [0.29, 0.717) is 21.7 Å². The van der Waals surface area contributed by atoms with Gasteiger partial charge in [-0.25, -0.2) is 0 Å². The van der Waals surface area contributed by atoms with Crippen LogP contribution in [0, 0.1) is 6.92 Å². The maximum atomic E-state index is 12.4. The number of benzene rings is 2. The number of aryl methyl sites for hydroxylation is 1. The summed E-state index contributed by atoms with van der Waals surface area (Å²) in [6, 6.07) is 14.7. The molecule has 0 amide bonds. The molecule has 0 spiro atoms. The number of thioether (sulfide) groups is 1. The molecular formula is C18H15ClN2O2S. The highest BCUT2D eigenvalue weighted by Crippen LogP contribution is 2.28. The van der Waals surface area contributed by atoms with E-state index in [1.165, 1.54) is 11.8 Å². The van der Waals surface area contributed by atoms with Crippen molar-refractivity contribution in [3.63, 3.8) is 0 Å². The van der Waals surface area contributed by atoms with E-state index >= 15 is 0 Å². The van der Waals surface area contributed by atoms with Gasteiger partial charge in [0.05, 0.1) is 5.25 Å². The van der Waals surface area contributed by atoms with Gasteiger partial charge in [0.15, 0.2) is 5.78 Å². The maximum absolute atomic E-state index is 12.4. The Morgan fingerprint density at radius 3 is 2.62 bits per heavy atom. The third-order valence-electron chi connectivity index (χ3n) is 3.46. The molecule has 1 aromatic heterocycles. The average molecular weight is 359 g/mol. The number of carbonyl (C=O) groups is 1. The van der Waals surface area contributed by atoms with Crippen LogP contribution in [0.1, 0.15) is 22.8 Å². The monoisotopic (exact) mass is 358 g/mol. The number of nitrogens with zero attached hydrogens (tertiary/aromatic N) is 2. The molecule has 0 radical (unpaired) electrons. The Kier molecular flexibility index (Phi) is 5.02. The fourth-order valence-corrected chi connectivity index (χ4v) is 3.10. The molecule has 24 heavy (non-hydrogen) atoms. The topological polar surface area (TPSA) is 56.0 Å². The first-order valence-electron chi connectivity index (χ1n) is 7.40. The standard InChI is InChI=1S/C18H15ClN2O2S/c1-11-6-8-13(9-7-11)17-20-21-18(23-17)24-12(2)16(22)14-4-3-5-15(19)10-14/h3-10,12H,1-2H3. The van der Waals surface area contributed by atoms with Gasteiger partial charge in [-0.1, -0.05) is 53.2 Å². The summed E-state index contributed by atoms with van der Waals surface area (Å²) in [4.78, 5) is 12.4. The number of carbonyl (C=O) groups excluding carboxylic acids is 1. The van der Waals surface area contributed by atoms with Crippen LogP contribution in [-0.4, -0.2) is 21.2 Å². The largest absolute Gasteiger partial charge is 0.411 e. The summed E-state index contributed by atoms with van der Waals surface area (Å²) in [5.74, 6) is 0.414. The summed E-state index contributed by atoms with van der Waals surface area (Å²) >= 11 is 7.17. The van der Waals surface area contributed by atoms with Crippen molar-refractivity contribution in [2.75, 3.05) is 0 Å². The summed E-state index contributed by atoms with van der Waals surface area (Å²) in [6.45, 7) is 3.83. The summed E-state index contributed by atoms with van der Waals surface area (Å²) in [6.07, 6.45) is 0. The van der Waals surface area contributed by atoms with E-state index in [1.54, 1.807) is 24.3 Å². The van der Waals surface area contributed by atoms with E-state index in [9.17, 15) is 4.79 Å². The summed E-state index contributed by atoms with van der Waals surface area (Å²) in [7, 11) is 0. The Morgan fingerprint density at radius 1 is 1.17 bits per heavy atom. The van der Waals surface area contributed by atoms with Gasteiger partial charge in [-0.3, -0.25) is 4.79 Å². The fourth-order valence-electron chi connectivity index (χ4n) is 2.15. The van der Waals surface area contributed by atoms with Crippen LogP contribution in [0.2, 0.25) is 5.02 Å². The Hall–Kier alpha value is -2.11. The van der Waals surface area contributed by atoms with Crippen LogP contribution in [0.25, 0.3) is 11.5 Å². The maximum Gasteiger partial charge on any atom is 0.277 e. The van der Waals surface area contributed by atoms with Crippen molar-refractivity contribution >= 4 is 29.1 Å². The minimum Gasteiger partial charge on any atom is -0.411 e. The van der Waals surface area contributed by atoms with E-state index in [2.05, 4.69) is 10.2 Å². The lowest BCUT2D eigenvalue weighted by Gasteiger charge is -2.07. The predicted octanol–water partition coefficient (Wildman–Crippen LogP) is 5.06. The van der Waals surface area contributed by atoms with Gasteiger partial charge in [-0.05, 0) is 38.1 Å². The molecule has 0 aliphatic rings. The van der Waals surface area contributed by atoms with Gasteiger partial charge in [-0.15, -0.1) is 10.2 Å². The molecule has 2 aromatic carbocycles. The van der Waals surface area contributed by atoms with E-state index in [0.717, 1.165) is 11.1 Å². The second kappa shape index (κ2) is 7.20. The van der Waals surface area contributed by atoms with Gasteiger partial charge in [-0.2, -0.15) is 0 Å². The number of hydrogen-bond acceptors (Lipinski definition) is 5. The molecule has 0 saturated heterocycles. The van der Waals surface area contributed by atoms with Crippen molar-refractivity contribution in [1.82, 2.24) is 10.2 Å². The zero-order valence-electron chi connectivity index (χ0n) is 13.2. The third kappa shape index (κ3) is 3.86. The molecule has 1 unspecified atom stereocenters. The minimum absolute atomic E-state index is 0.0300. The number of aromatic nitrogens is 2. The highest BCUT2D eigenvalue weighted by molar-refractivity contribution is 8.00. The smallest absolute Gasteiger partial charge is 0.277 e. The number of halogens is 1. The molecule has 1 heterocycles. The molecule has 0 bridgehead atoms. The molecule has 0 fully saturated rings. The SMILES string of the molecule is Cc1ccc(-c2nnc(SC(C)C(=O)c3cccc(Cl)c3)o2)cc1. The molecular weight excluding hydrogens is 344 g/mol. The highest BCUT2D eigenvalue weighted by atomic mass is 35.5. The van der Waals surface area contributed by atoms with Gasteiger partial charge >= 0.3 is 0 Å². The third-order valence-corrected chi connectivity index (χ3v) is 4.63. The van der Waals surface area contributed by atoms with Crippen molar-refractivity contribution in [2.45, 2.75) is 24.3 Å². The molecule has 122 valence electrons. The van der Waals surface area contributed by atoms with Crippen molar-refractivity contribution in [3.8, 4) is 11.5 Å². The number of ketones is 1. The normalized spacial score (nSPS) is 12.1. The van der Waals surface area contributed by atoms with E-state index in [1.807, 2.05) is 38.1 Å². The lowest BCUT2D eigenvalue weighted by atomic mass is 10.1. The Balaban J connectivity index is 1.72. The van der Waals surface area contributed by atoms with Gasteiger partial charge in [0.1, 0.15) is 0 Å². The first kappa shape index (κ1) is 16.7. The Bertz CT molecular complexity index is 861. The second-order valence-corrected chi connectivity index (χ2v) is 7.10. The first-order valence-corrected chi connectivity index (χ1v) is 8.65. The summed E-state index contributed by atoms with van der Waals surface area (Å²) in [5, 5.41) is 8.62. The van der Waals surface area contributed by atoms with Gasteiger partial charge in [0.25, 0.3) is 5.22 Å². The molecule has 3 rings (SSSR count). The van der Waals surface area contributed by atoms with Crippen LogP contribution in [0.5, 0.6) is 0 Å². The van der Waals surface area contributed by atoms with Crippen LogP contribution in [0.3, 0.4) is 0 Å². The second-order valence-electron chi connectivity index (χ2n) is 5.37. The van der Waals surface area contributed by atoms with Crippen LogP contribution >= 0.6 is 23.4 Å². The number of hydrogen-bond donors (Lipinski definition) is 0. The highest BCUT2D eigenvalue weighted by Gasteiger charge is 2.20. The Morgan fingerprint density at radius 2 is 1.92 bits per heavy atom. The zero-order valence-corrected chi connectivity index (χ0v) is 14.8. The van der Waals surface area contributed by atoms with Crippen molar-refractivity contribution in [3.05, 3.63) is 64.7 Å². The van der Waals surface area contributed by atoms with E-state index in [4.69, 9.17) is 16.0 Å². The Labute approximate surface area is 149 Å². The minimum atomic E-state index is -0.352. The first-order chi connectivity index (χ1) is 11.5. The van der Waals surface area contributed by atoms with Crippen LogP contribution in [-0.2, 0) is 0 Å². The van der Waals surface area contributed by atoms with E-state index in [-0.39, 0.29) is 11.0 Å². The van der Waals surface area contributed by atoms with Gasteiger partial charge in [0.2, 0.25) is 5.89 Å². The molecule has 0 N–H and O–H groups in total. The van der Waals surface area contributed by atoms with Crippen molar-refractivity contribution < 1.29 is 9.21 Å². The van der Waals surface area contributed by atoms with Crippen molar-refractivity contribution in [1.29, 1.82) is 0 Å². The summed E-state index contributed by atoms with van der Waals surface area (Å²) in [5.41, 5.74) is 2.59. The molecule has 0 aliphatic heterocycles. The number of Topliss-reactive ketones (excluding diaryl/α,β-unsaturated/α-hetero) is 1. The van der Waals surface area contributed by atoms with Gasteiger partial charge in [0, 0.05) is 16.1 Å². The van der Waals surface area contributed by atoms with Crippen LogP contribution in [0.15, 0.2) is 58.2 Å². The van der Waals surface area contributed by atoms with Gasteiger partial charge < -0.3 is 4.42 Å².